The minimum Gasteiger partial charge on any atom is -0.348 e. The molecule has 0 aromatic rings. The van der Waals surface area contributed by atoms with E-state index >= 15 is 0 Å². The highest BCUT2D eigenvalue weighted by Crippen LogP contribution is 2.36. The molecule has 2 rings (SSSR count). The van der Waals surface area contributed by atoms with Gasteiger partial charge in [0.05, 0.1) is 0 Å². The first-order chi connectivity index (χ1) is 10.3. The van der Waals surface area contributed by atoms with Gasteiger partial charge in [0.2, 0.25) is 5.91 Å². The molecule has 1 N–H and O–H groups in total. The number of amides is 2. The van der Waals surface area contributed by atoms with Crippen LogP contribution in [0.5, 0.6) is 0 Å². The monoisotopic (exact) mass is 318 g/mol. The Labute approximate surface area is 127 Å². The molecule has 22 heavy (non-hydrogen) atoms. The summed E-state index contributed by atoms with van der Waals surface area (Å²) in [6.07, 6.45) is 0.374. The van der Waals surface area contributed by atoms with E-state index in [1.807, 2.05) is 12.2 Å². The Kier molecular flexibility index (Phi) is 5.13. The first-order valence-corrected chi connectivity index (χ1v) is 7.59. The fraction of sp³-hybridized carbons (Fsp3) is 0.733. The van der Waals surface area contributed by atoms with Crippen LogP contribution in [0.15, 0.2) is 11.6 Å². The van der Waals surface area contributed by atoms with Gasteiger partial charge in [0, 0.05) is 25.7 Å². The second-order valence-electron chi connectivity index (χ2n) is 6.14. The van der Waals surface area contributed by atoms with Crippen molar-refractivity contribution in [1.29, 1.82) is 0 Å². The van der Waals surface area contributed by atoms with Gasteiger partial charge in [-0.15, -0.1) is 0 Å². The van der Waals surface area contributed by atoms with Gasteiger partial charge in [-0.1, -0.05) is 5.57 Å². The van der Waals surface area contributed by atoms with Crippen molar-refractivity contribution in [3.63, 3.8) is 0 Å². The first kappa shape index (κ1) is 16.8. The Morgan fingerprint density at radius 2 is 1.77 bits per heavy atom. The van der Waals surface area contributed by atoms with Crippen molar-refractivity contribution in [2.75, 3.05) is 19.6 Å². The number of nitrogens with zero attached hydrogens (tertiary/aromatic N) is 1. The van der Waals surface area contributed by atoms with Crippen LogP contribution in [0, 0.1) is 11.8 Å². The number of likely N-dealkylation sites (tertiary alicyclic amines) is 1. The summed E-state index contributed by atoms with van der Waals surface area (Å²) in [5.41, 5.74) is 1.12. The lowest BCUT2D eigenvalue weighted by Gasteiger charge is -2.31. The summed E-state index contributed by atoms with van der Waals surface area (Å²) in [6.45, 7) is 3.03. The Morgan fingerprint density at radius 3 is 2.27 bits per heavy atom. The first-order valence-electron chi connectivity index (χ1n) is 7.59. The molecule has 2 aliphatic rings. The Bertz CT molecular complexity index is 462. The average molecular weight is 318 g/mol. The van der Waals surface area contributed by atoms with E-state index in [2.05, 4.69) is 0 Å². The van der Waals surface area contributed by atoms with Gasteiger partial charge in [-0.25, -0.2) is 0 Å². The molecule has 7 heteroatoms. The topological polar surface area (TPSA) is 49.4 Å². The van der Waals surface area contributed by atoms with Crippen LogP contribution >= 0.6 is 0 Å². The molecule has 1 aliphatic carbocycles. The zero-order valence-corrected chi connectivity index (χ0v) is 12.6. The third-order valence-electron chi connectivity index (χ3n) is 4.31. The molecule has 4 nitrogen and oxygen atoms in total. The van der Waals surface area contributed by atoms with Crippen LogP contribution in [-0.4, -0.2) is 42.5 Å². The summed E-state index contributed by atoms with van der Waals surface area (Å²) in [5.74, 6) is -1.36. The van der Waals surface area contributed by atoms with E-state index in [0.717, 1.165) is 18.4 Å². The van der Waals surface area contributed by atoms with Crippen molar-refractivity contribution < 1.29 is 22.8 Å². The Morgan fingerprint density at radius 1 is 1.18 bits per heavy atom. The Hall–Kier alpha value is -1.53. The van der Waals surface area contributed by atoms with Crippen LogP contribution in [0.4, 0.5) is 13.2 Å². The smallest absolute Gasteiger partial charge is 0.348 e. The molecule has 0 radical (unpaired) electrons. The number of hydrogen-bond donors (Lipinski definition) is 1. The van der Waals surface area contributed by atoms with Crippen LogP contribution < -0.4 is 5.32 Å². The van der Waals surface area contributed by atoms with Crippen molar-refractivity contribution in [3.8, 4) is 0 Å². The summed E-state index contributed by atoms with van der Waals surface area (Å²) in [7, 11) is 0. The highest BCUT2D eigenvalue weighted by atomic mass is 19.4. The van der Waals surface area contributed by atoms with Gasteiger partial charge in [0.25, 0.3) is 0 Å². The predicted octanol–water partition coefficient (Wildman–Crippen LogP) is 2.26. The molecule has 0 aromatic carbocycles. The molecular weight excluding hydrogens is 297 g/mol. The maximum atomic E-state index is 12.1. The number of nitrogens with one attached hydrogen (secondary N) is 1. The molecule has 0 bridgehead atoms. The van der Waals surface area contributed by atoms with Crippen LogP contribution in [0.25, 0.3) is 0 Å². The number of piperidine rings is 1. The lowest BCUT2D eigenvalue weighted by Crippen LogP contribution is -2.43. The highest BCUT2D eigenvalue weighted by molar-refractivity contribution is 5.88. The molecule has 0 aromatic heterocycles. The normalized spacial score (nSPS) is 20.9. The van der Waals surface area contributed by atoms with Crippen molar-refractivity contribution in [2.45, 2.75) is 38.8 Å². The second kappa shape index (κ2) is 6.71. The summed E-state index contributed by atoms with van der Waals surface area (Å²) in [6, 6.07) is 0. The summed E-state index contributed by atoms with van der Waals surface area (Å²) >= 11 is 0. The number of carbonyl (C=O) groups is 2. The maximum Gasteiger partial charge on any atom is 0.471 e. The van der Waals surface area contributed by atoms with Crippen molar-refractivity contribution in [3.05, 3.63) is 11.6 Å². The molecule has 0 atom stereocenters. The van der Waals surface area contributed by atoms with Gasteiger partial charge in [-0.3, -0.25) is 9.59 Å². The number of rotatable bonds is 4. The molecule has 1 saturated carbocycles. The molecular formula is C15H21F3N2O2. The molecule has 2 fully saturated rings. The summed E-state index contributed by atoms with van der Waals surface area (Å²) < 4.78 is 36.3. The van der Waals surface area contributed by atoms with Crippen LogP contribution in [-0.2, 0) is 9.59 Å². The molecule has 1 heterocycles. The molecule has 124 valence electrons. The SMILES string of the molecule is C/C(=C\C(=O)N1CCC(CNC(=O)C(F)(F)F)CC1)C1CC1. The standard InChI is InChI=1S/C15H21F3N2O2/c1-10(12-2-3-12)8-13(21)20-6-4-11(5-7-20)9-19-14(22)15(16,17)18/h8,11-12H,2-7,9H2,1H3,(H,19,22)/b10-8+. The number of carbonyl (C=O) groups excluding carboxylic acids is 2. The fourth-order valence-electron chi connectivity index (χ4n) is 2.64. The van der Waals surface area contributed by atoms with E-state index in [1.165, 1.54) is 0 Å². The fourth-order valence-corrected chi connectivity index (χ4v) is 2.64. The zero-order valence-electron chi connectivity index (χ0n) is 12.6. The molecule has 0 unspecified atom stereocenters. The molecule has 0 spiro atoms. The summed E-state index contributed by atoms with van der Waals surface area (Å²) in [5, 5.41) is 1.91. The van der Waals surface area contributed by atoms with Crippen molar-refractivity contribution >= 4 is 11.8 Å². The van der Waals surface area contributed by atoms with E-state index in [1.54, 1.807) is 11.0 Å². The Balaban J connectivity index is 1.72. The minimum absolute atomic E-state index is 0.0103. The number of hydrogen-bond acceptors (Lipinski definition) is 2. The summed E-state index contributed by atoms with van der Waals surface area (Å²) in [4.78, 5) is 24.6. The maximum absolute atomic E-state index is 12.1. The number of halogens is 3. The van der Waals surface area contributed by atoms with Gasteiger partial charge in [-0.05, 0) is 44.4 Å². The van der Waals surface area contributed by atoms with Crippen LogP contribution in [0.2, 0.25) is 0 Å². The quantitative estimate of drug-likeness (QED) is 0.808. The molecule has 2 amide bonds. The third kappa shape index (κ3) is 4.74. The van der Waals surface area contributed by atoms with Gasteiger partial charge in [0.15, 0.2) is 0 Å². The van der Waals surface area contributed by atoms with E-state index in [-0.39, 0.29) is 18.4 Å². The number of allylic oxidation sites excluding steroid dienone is 1. The molecule has 1 aliphatic heterocycles. The van der Waals surface area contributed by atoms with Gasteiger partial charge >= 0.3 is 12.1 Å². The van der Waals surface area contributed by atoms with Gasteiger partial charge in [-0.2, -0.15) is 13.2 Å². The second-order valence-corrected chi connectivity index (χ2v) is 6.14. The van der Waals surface area contributed by atoms with Crippen LogP contribution in [0.3, 0.4) is 0 Å². The van der Waals surface area contributed by atoms with E-state index in [9.17, 15) is 22.8 Å². The zero-order chi connectivity index (χ0) is 16.3. The predicted molar refractivity (Wildman–Crippen MR) is 74.8 cm³/mol. The third-order valence-corrected chi connectivity index (χ3v) is 4.31. The number of alkyl halides is 3. The van der Waals surface area contributed by atoms with E-state index in [0.29, 0.717) is 31.8 Å². The van der Waals surface area contributed by atoms with Crippen molar-refractivity contribution in [2.24, 2.45) is 11.8 Å². The minimum atomic E-state index is -4.83. The molecule has 1 saturated heterocycles. The van der Waals surface area contributed by atoms with E-state index < -0.39 is 12.1 Å². The van der Waals surface area contributed by atoms with Crippen molar-refractivity contribution in [1.82, 2.24) is 10.2 Å². The van der Waals surface area contributed by atoms with Gasteiger partial charge < -0.3 is 10.2 Å². The highest BCUT2D eigenvalue weighted by Gasteiger charge is 2.38. The van der Waals surface area contributed by atoms with Crippen LogP contribution in [0.1, 0.15) is 32.6 Å². The van der Waals surface area contributed by atoms with E-state index in [4.69, 9.17) is 0 Å². The lowest BCUT2D eigenvalue weighted by atomic mass is 9.96. The average Bonchev–Trinajstić information content (AvgIpc) is 3.28. The lowest BCUT2D eigenvalue weighted by molar-refractivity contribution is -0.173. The van der Waals surface area contributed by atoms with Gasteiger partial charge in [0.1, 0.15) is 0 Å². The largest absolute Gasteiger partial charge is 0.471 e.